The van der Waals surface area contributed by atoms with Gasteiger partial charge in [0.15, 0.2) is 0 Å². The molecule has 182 valence electrons. The van der Waals surface area contributed by atoms with E-state index in [1.54, 1.807) is 18.2 Å². The summed E-state index contributed by atoms with van der Waals surface area (Å²) in [5.41, 5.74) is 5.10. The average molecular weight is 493 g/mol. The minimum absolute atomic E-state index is 0.0491. The molecule has 0 aromatic heterocycles. The highest BCUT2D eigenvalue weighted by Gasteiger charge is 2.30. The van der Waals surface area contributed by atoms with Crippen molar-refractivity contribution in [2.45, 2.75) is 32.2 Å². The first-order valence-corrected chi connectivity index (χ1v) is 12.0. The number of halogens is 1. The highest BCUT2D eigenvalue weighted by Crippen LogP contribution is 2.44. The number of ether oxygens (including phenoxy) is 2. The Balaban J connectivity index is 1.42. The number of alkyl carbamates (subject to hydrolysis) is 1. The van der Waals surface area contributed by atoms with Gasteiger partial charge in [-0.3, -0.25) is 4.79 Å². The van der Waals surface area contributed by atoms with Gasteiger partial charge in [-0.15, -0.1) is 0 Å². The van der Waals surface area contributed by atoms with Gasteiger partial charge < -0.3 is 20.1 Å². The minimum Gasteiger partial charge on any atom is -0.495 e. The highest BCUT2D eigenvalue weighted by atomic mass is 35.5. The molecule has 35 heavy (non-hydrogen) atoms. The van der Waals surface area contributed by atoms with Crippen molar-refractivity contribution in [2.24, 2.45) is 5.92 Å². The third-order valence-electron chi connectivity index (χ3n) is 6.08. The number of fused-ring (bicyclic) bond motifs is 3. The van der Waals surface area contributed by atoms with Gasteiger partial charge in [0, 0.05) is 11.6 Å². The van der Waals surface area contributed by atoms with Gasteiger partial charge in [0.05, 0.1) is 12.1 Å². The number of carbonyl (C=O) groups is 2. The second-order valence-corrected chi connectivity index (χ2v) is 9.40. The Morgan fingerprint density at radius 1 is 0.971 bits per heavy atom. The number of hydrogen-bond acceptors (Lipinski definition) is 4. The van der Waals surface area contributed by atoms with Crippen LogP contribution in [0.25, 0.3) is 11.1 Å². The van der Waals surface area contributed by atoms with E-state index >= 15 is 0 Å². The van der Waals surface area contributed by atoms with Crippen LogP contribution >= 0.6 is 11.6 Å². The molecule has 0 spiro atoms. The lowest BCUT2D eigenvalue weighted by atomic mass is 9.98. The van der Waals surface area contributed by atoms with Crippen LogP contribution in [0, 0.1) is 5.92 Å². The summed E-state index contributed by atoms with van der Waals surface area (Å²) in [7, 11) is 1.52. The van der Waals surface area contributed by atoms with Gasteiger partial charge in [-0.05, 0) is 52.8 Å². The number of nitrogens with one attached hydrogen (secondary N) is 2. The third kappa shape index (κ3) is 5.60. The van der Waals surface area contributed by atoms with Crippen LogP contribution in [0.5, 0.6) is 5.75 Å². The van der Waals surface area contributed by atoms with Gasteiger partial charge in [0.2, 0.25) is 5.91 Å². The van der Waals surface area contributed by atoms with Crippen molar-refractivity contribution in [1.29, 1.82) is 0 Å². The molecule has 0 aliphatic heterocycles. The summed E-state index contributed by atoms with van der Waals surface area (Å²) in [5, 5.41) is 5.95. The zero-order valence-corrected chi connectivity index (χ0v) is 20.8. The van der Waals surface area contributed by atoms with E-state index in [2.05, 4.69) is 34.9 Å². The zero-order chi connectivity index (χ0) is 24.9. The molecule has 0 saturated heterocycles. The van der Waals surface area contributed by atoms with Gasteiger partial charge in [0.1, 0.15) is 18.4 Å². The summed E-state index contributed by atoms with van der Waals surface area (Å²) >= 11 is 6.17. The van der Waals surface area contributed by atoms with Crippen LogP contribution < -0.4 is 15.4 Å². The van der Waals surface area contributed by atoms with Gasteiger partial charge >= 0.3 is 6.09 Å². The quantitative estimate of drug-likeness (QED) is 0.390. The molecule has 2 N–H and O–H groups in total. The Hall–Kier alpha value is -3.51. The SMILES string of the molecule is COc1ccc(NC(=O)[C@@H](CC(C)C)NC(=O)OCC2c3ccccc3-c3ccccc32)cc1Cl. The normalized spacial score (nSPS) is 13.1. The molecule has 4 rings (SSSR count). The largest absolute Gasteiger partial charge is 0.495 e. The van der Waals surface area contributed by atoms with Crippen molar-refractivity contribution < 1.29 is 19.1 Å². The molecule has 1 aliphatic carbocycles. The number of anilines is 1. The van der Waals surface area contributed by atoms with Gasteiger partial charge in [-0.1, -0.05) is 74.0 Å². The third-order valence-corrected chi connectivity index (χ3v) is 6.37. The Morgan fingerprint density at radius 3 is 2.17 bits per heavy atom. The smallest absolute Gasteiger partial charge is 0.407 e. The number of hydrogen-bond donors (Lipinski definition) is 2. The Bertz CT molecular complexity index is 1180. The standard InChI is InChI=1S/C28H29ClN2O4/c1-17(2)14-25(27(32)30-18-12-13-26(34-3)24(29)15-18)31-28(33)35-16-23-21-10-6-4-8-19(21)20-9-5-7-11-22(20)23/h4-13,15,17,23,25H,14,16H2,1-3H3,(H,30,32)(H,31,33)/t25-/m1/s1. The van der Waals surface area contributed by atoms with E-state index in [1.807, 2.05) is 38.1 Å². The first kappa shape index (κ1) is 24.6. The van der Waals surface area contributed by atoms with Gasteiger partial charge in [-0.2, -0.15) is 0 Å². The lowest BCUT2D eigenvalue weighted by Gasteiger charge is -2.21. The van der Waals surface area contributed by atoms with Crippen LogP contribution in [0.3, 0.4) is 0 Å². The Kier molecular flexibility index (Phi) is 7.61. The summed E-state index contributed by atoms with van der Waals surface area (Å²) < 4.78 is 10.8. The van der Waals surface area contributed by atoms with Crippen LogP contribution in [-0.2, 0) is 9.53 Å². The van der Waals surface area contributed by atoms with Crippen molar-refractivity contribution >= 4 is 29.3 Å². The van der Waals surface area contributed by atoms with Crippen LogP contribution in [0.1, 0.15) is 37.3 Å². The fourth-order valence-corrected chi connectivity index (χ4v) is 4.72. The number of amides is 2. The van der Waals surface area contributed by atoms with E-state index in [9.17, 15) is 9.59 Å². The van der Waals surface area contributed by atoms with Crippen LogP contribution in [0.15, 0.2) is 66.7 Å². The van der Waals surface area contributed by atoms with Crippen molar-refractivity contribution in [3.05, 3.63) is 82.9 Å². The Morgan fingerprint density at radius 2 is 1.60 bits per heavy atom. The molecule has 0 saturated carbocycles. The fraction of sp³-hybridized carbons (Fsp3) is 0.286. The van der Waals surface area contributed by atoms with Crippen LogP contribution in [-0.4, -0.2) is 31.8 Å². The molecule has 0 bridgehead atoms. The Labute approximate surface area is 210 Å². The molecular formula is C28H29ClN2O4. The van der Waals surface area contributed by atoms with Crippen molar-refractivity contribution in [3.63, 3.8) is 0 Å². The number of methoxy groups -OCH3 is 1. The monoisotopic (exact) mass is 492 g/mol. The van der Waals surface area contributed by atoms with Gasteiger partial charge in [0.25, 0.3) is 0 Å². The van der Waals surface area contributed by atoms with Crippen molar-refractivity contribution in [2.75, 3.05) is 19.0 Å². The molecule has 0 fully saturated rings. The van der Waals surface area contributed by atoms with E-state index in [0.29, 0.717) is 22.9 Å². The number of carbonyl (C=O) groups excluding carboxylic acids is 2. The van der Waals surface area contributed by atoms with E-state index in [0.717, 1.165) is 22.3 Å². The molecule has 3 aromatic carbocycles. The number of rotatable bonds is 8. The molecular weight excluding hydrogens is 464 g/mol. The summed E-state index contributed by atoms with van der Waals surface area (Å²) in [6.07, 6.45) is -0.166. The molecule has 1 atom stereocenters. The maximum atomic E-state index is 13.0. The summed E-state index contributed by atoms with van der Waals surface area (Å²) in [5.74, 6) is 0.305. The molecule has 0 unspecified atom stereocenters. The first-order chi connectivity index (χ1) is 16.9. The van der Waals surface area contributed by atoms with E-state index < -0.39 is 12.1 Å². The maximum Gasteiger partial charge on any atom is 0.407 e. The summed E-state index contributed by atoms with van der Waals surface area (Å²) in [6, 6.07) is 20.5. The van der Waals surface area contributed by atoms with Crippen molar-refractivity contribution in [1.82, 2.24) is 5.32 Å². The average Bonchev–Trinajstić information content (AvgIpc) is 3.16. The molecule has 2 amide bonds. The van der Waals surface area contributed by atoms with E-state index in [1.165, 1.54) is 7.11 Å². The highest BCUT2D eigenvalue weighted by molar-refractivity contribution is 6.32. The van der Waals surface area contributed by atoms with E-state index in [-0.39, 0.29) is 24.3 Å². The predicted octanol–water partition coefficient (Wildman–Crippen LogP) is 6.24. The molecule has 0 radical (unpaired) electrons. The predicted molar refractivity (Wildman–Crippen MR) is 138 cm³/mol. The summed E-state index contributed by atoms with van der Waals surface area (Å²) in [4.78, 5) is 25.7. The zero-order valence-electron chi connectivity index (χ0n) is 20.0. The van der Waals surface area contributed by atoms with Gasteiger partial charge in [-0.25, -0.2) is 4.79 Å². The molecule has 6 nitrogen and oxygen atoms in total. The second-order valence-electron chi connectivity index (χ2n) is 8.99. The molecule has 1 aliphatic rings. The topological polar surface area (TPSA) is 76.7 Å². The van der Waals surface area contributed by atoms with Crippen LogP contribution in [0.2, 0.25) is 5.02 Å². The summed E-state index contributed by atoms with van der Waals surface area (Å²) in [6.45, 7) is 4.16. The fourth-order valence-electron chi connectivity index (χ4n) is 4.46. The molecule has 0 heterocycles. The lowest BCUT2D eigenvalue weighted by Crippen LogP contribution is -2.45. The van der Waals surface area contributed by atoms with Crippen LogP contribution in [0.4, 0.5) is 10.5 Å². The van der Waals surface area contributed by atoms with E-state index in [4.69, 9.17) is 21.1 Å². The number of benzene rings is 3. The molecule has 7 heteroatoms. The maximum absolute atomic E-state index is 13.0. The minimum atomic E-state index is -0.758. The first-order valence-electron chi connectivity index (χ1n) is 11.6. The lowest BCUT2D eigenvalue weighted by molar-refractivity contribution is -0.118. The van der Waals surface area contributed by atoms with Crippen molar-refractivity contribution in [3.8, 4) is 16.9 Å². The second kappa shape index (κ2) is 10.8. The molecule has 3 aromatic rings.